The van der Waals surface area contributed by atoms with Crippen LogP contribution >= 0.6 is 0 Å². The van der Waals surface area contributed by atoms with E-state index in [1.807, 2.05) is 13.0 Å². The molecule has 0 radical (unpaired) electrons. The first-order valence-corrected chi connectivity index (χ1v) is 12.5. The highest BCUT2D eigenvalue weighted by atomic mass is 19.4. The Morgan fingerprint density at radius 3 is 2.36 bits per heavy atom. The zero-order chi connectivity index (χ0) is 28.4. The summed E-state index contributed by atoms with van der Waals surface area (Å²) in [6, 6.07) is 12.0. The molecule has 2 aromatic carbocycles. The van der Waals surface area contributed by atoms with Crippen LogP contribution in [0.4, 0.5) is 23.2 Å². The molecule has 0 saturated carbocycles. The lowest BCUT2D eigenvalue weighted by atomic mass is 9.99. The lowest BCUT2D eigenvalue weighted by molar-refractivity contribution is -0.113. The lowest BCUT2D eigenvalue weighted by Crippen LogP contribution is -2.26. The van der Waals surface area contributed by atoms with E-state index >= 15 is 0 Å². The number of alkyl halides is 3. The number of allylic oxidation sites excluding steroid dienone is 4. The third kappa shape index (κ3) is 8.90. The average Bonchev–Trinajstić information content (AvgIpc) is 3.43. The summed E-state index contributed by atoms with van der Waals surface area (Å²) in [5, 5.41) is 5.76. The fourth-order valence-corrected chi connectivity index (χ4v) is 3.94. The fourth-order valence-electron chi connectivity index (χ4n) is 3.94. The molecule has 1 fully saturated rings. The molecular formula is C29H32F4N4O2. The molecule has 208 valence electrons. The first-order chi connectivity index (χ1) is 18.6. The van der Waals surface area contributed by atoms with Crippen LogP contribution in [0, 0.1) is 5.82 Å². The van der Waals surface area contributed by atoms with Crippen molar-refractivity contribution in [3.63, 3.8) is 0 Å². The van der Waals surface area contributed by atoms with Crippen molar-refractivity contribution in [2.75, 3.05) is 25.0 Å². The second kappa shape index (κ2) is 13.9. The normalized spacial score (nSPS) is 17.4. The number of nitrogens with zero attached hydrogens (tertiary/aromatic N) is 1. The van der Waals surface area contributed by atoms with Crippen molar-refractivity contribution in [3.05, 3.63) is 94.8 Å². The predicted molar refractivity (Wildman–Crippen MR) is 146 cm³/mol. The van der Waals surface area contributed by atoms with E-state index in [1.54, 1.807) is 24.3 Å². The highest BCUT2D eigenvalue weighted by Crippen LogP contribution is 2.29. The Hall–Kier alpha value is -3.76. The van der Waals surface area contributed by atoms with Crippen molar-refractivity contribution >= 4 is 23.2 Å². The minimum absolute atomic E-state index is 0.0119. The van der Waals surface area contributed by atoms with Gasteiger partial charge in [0, 0.05) is 24.2 Å². The largest absolute Gasteiger partial charge is 0.475 e. The molecule has 4 N–H and O–H groups in total. The third-order valence-corrected chi connectivity index (χ3v) is 6.02. The first-order valence-electron chi connectivity index (χ1n) is 12.5. The lowest BCUT2D eigenvalue weighted by Gasteiger charge is -2.15. The van der Waals surface area contributed by atoms with Crippen molar-refractivity contribution in [2.45, 2.75) is 39.0 Å². The van der Waals surface area contributed by atoms with Crippen LogP contribution in [0.1, 0.15) is 31.4 Å². The molecule has 0 aliphatic carbocycles. The van der Waals surface area contributed by atoms with E-state index in [0.29, 0.717) is 17.2 Å². The third-order valence-electron chi connectivity index (χ3n) is 6.02. The van der Waals surface area contributed by atoms with Gasteiger partial charge in [-0.1, -0.05) is 36.4 Å². The van der Waals surface area contributed by atoms with Crippen LogP contribution in [0.2, 0.25) is 0 Å². The highest BCUT2D eigenvalue weighted by Gasteiger charge is 2.32. The number of anilines is 1. The van der Waals surface area contributed by atoms with Gasteiger partial charge in [0.15, 0.2) is 0 Å². The van der Waals surface area contributed by atoms with E-state index in [2.05, 4.69) is 15.6 Å². The summed E-state index contributed by atoms with van der Waals surface area (Å²) >= 11 is 0. The van der Waals surface area contributed by atoms with Crippen LogP contribution in [-0.2, 0) is 16.0 Å². The number of nitrogens with two attached hydrogens (primary N) is 1. The van der Waals surface area contributed by atoms with Crippen molar-refractivity contribution in [3.8, 4) is 0 Å². The summed E-state index contributed by atoms with van der Waals surface area (Å²) in [6.07, 6.45) is -0.271. The van der Waals surface area contributed by atoms with Crippen LogP contribution in [0.5, 0.6) is 0 Å². The quantitative estimate of drug-likeness (QED) is 0.127. The standard InChI is InChI=1S/C29H32F4N4O2/c1-3-22(29(31,32)33)16-21(28(38)36-24-11-9-23(30)10-12-24)15-19-5-7-20(8-6-19)26(4-2)37-27(17-34)39-25-13-14-35-18-25/h3-12,16,25,35H,13-15,17-18,34H2,1-2H3,(H,36,38)/b21-16+,22-3+,26-4-,37-27?. The minimum Gasteiger partial charge on any atom is -0.475 e. The molecule has 39 heavy (non-hydrogen) atoms. The molecule has 10 heteroatoms. The molecule has 1 amide bonds. The number of carbonyl (C=O) groups is 1. The van der Waals surface area contributed by atoms with Gasteiger partial charge in [0.25, 0.3) is 5.91 Å². The second-order valence-electron chi connectivity index (χ2n) is 8.86. The van der Waals surface area contributed by atoms with E-state index in [4.69, 9.17) is 10.5 Å². The zero-order valence-corrected chi connectivity index (χ0v) is 21.8. The van der Waals surface area contributed by atoms with Gasteiger partial charge in [-0.2, -0.15) is 13.2 Å². The van der Waals surface area contributed by atoms with Crippen molar-refractivity contribution in [2.24, 2.45) is 10.7 Å². The Labute approximate surface area is 225 Å². The zero-order valence-electron chi connectivity index (χ0n) is 21.8. The summed E-state index contributed by atoms with van der Waals surface area (Å²) in [5.41, 5.74) is 7.05. The van der Waals surface area contributed by atoms with E-state index in [0.717, 1.165) is 49.4 Å². The summed E-state index contributed by atoms with van der Waals surface area (Å²) in [6.45, 7) is 4.82. The molecular weight excluding hydrogens is 512 g/mol. The maximum absolute atomic E-state index is 13.5. The molecule has 0 bridgehead atoms. The number of hydrogen-bond acceptors (Lipinski definition) is 5. The molecule has 1 saturated heterocycles. The SMILES string of the molecule is C/C=C(\N=C(CN)OC1CCNC1)c1ccc(C/C(=C\C(=C/C)C(F)(F)F)C(=O)Nc2ccc(F)cc2)cc1. The van der Waals surface area contributed by atoms with Crippen LogP contribution < -0.4 is 16.4 Å². The van der Waals surface area contributed by atoms with Gasteiger partial charge in [-0.05, 0) is 68.3 Å². The average molecular weight is 545 g/mol. The molecule has 2 aromatic rings. The summed E-state index contributed by atoms with van der Waals surface area (Å²) in [4.78, 5) is 17.5. The van der Waals surface area contributed by atoms with Crippen LogP contribution in [0.15, 0.2) is 82.9 Å². The predicted octanol–water partition coefficient (Wildman–Crippen LogP) is 5.54. The second-order valence-corrected chi connectivity index (χ2v) is 8.86. The Balaban J connectivity index is 1.83. The molecule has 1 atom stereocenters. The van der Waals surface area contributed by atoms with Gasteiger partial charge in [0.1, 0.15) is 11.9 Å². The van der Waals surface area contributed by atoms with Crippen LogP contribution in [-0.4, -0.2) is 43.7 Å². The molecule has 0 spiro atoms. The van der Waals surface area contributed by atoms with Crippen molar-refractivity contribution < 1.29 is 27.1 Å². The van der Waals surface area contributed by atoms with Crippen LogP contribution in [0.3, 0.4) is 0 Å². The van der Waals surface area contributed by atoms with Gasteiger partial charge in [0.05, 0.1) is 17.8 Å². The molecule has 6 nitrogen and oxygen atoms in total. The maximum Gasteiger partial charge on any atom is 0.416 e. The summed E-state index contributed by atoms with van der Waals surface area (Å²) in [7, 11) is 0. The topological polar surface area (TPSA) is 88.7 Å². The smallest absolute Gasteiger partial charge is 0.416 e. The van der Waals surface area contributed by atoms with Gasteiger partial charge in [-0.15, -0.1) is 0 Å². The Morgan fingerprint density at radius 2 is 1.82 bits per heavy atom. The number of amides is 1. The number of ether oxygens (including phenoxy) is 1. The summed E-state index contributed by atoms with van der Waals surface area (Å²) < 4.78 is 59.5. The van der Waals surface area contributed by atoms with E-state index in [-0.39, 0.29) is 30.3 Å². The highest BCUT2D eigenvalue weighted by molar-refractivity contribution is 6.04. The van der Waals surface area contributed by atoms with Gasteiger partial charge < -0.3 is 21.1 Å². The number of hydrogen-bond donors (Lipinski definition) is 3. The number of benzene rings is 2. The Kier molecular flexibility index (Phi) is 10.6. The minimum atomic E-state index is -4.63. The maximum atomic E-state index is 13.5. The van der Waals surface area contributed by atoms with Gasteiger partial charge >= 0.3 is 6.18 Å². The number of halogens is 4. The number of nitrogens with one attached hydrogen (secondary N) is 2. The Morgan fingerprint density at radius 1 is 1.13 bits per heavy atom. The van der Waals surface area contributed by atoms with Gasteiger partial charge in [0.2, 0.25) is 5.90 Å². The van der Waals surface area contributed by atoms with Gasteiger partial charge in [-0.25, -0.2) is 9.38 Å². The molecule has 1 heterocycles. The molecule has 1 unspecified atom stereocenters. The number of aliphatic imine (C=N–C) groups is 1. The monoisotopic (exact) mass is 544 g/mol. The fraction of sp³-hybridized carbons (Fsp3) is 0.310. The molecule has 1 aliphatic rings. The van der Waals surface area contributed by atoms with E-state index in [9.17, 15) is 22.4 Å². The first kappa shape index (κ1) is 29.8. The molecule has 0 aromatic heterocycles. The van der Waals surface area contributed by atoms with Crippen molar-refractivity contribution in [1.29, 1.82) is 0 Å². The summed E-state index contributed by atoms with van der Waals surface area (Å²) in [5.74, 6) is -0.809. The number of rotatable bonds is 9. The number of carbonyl (C=O) groups excluding carboxylic acids is 1. The van der Waals surface area contributed by atoms with Gasteiger partial charge in [-0.3, -0.25) is 4.79 Å². The Bertz CT molecular complexity index is 1240. The van der Waals surface area contributed by atoms with E-state index in [1.165, 1.54) is 19.1 Å². The molecule has 3 rings (SSSR count). The van der Waals surface area contributed by atoms with E-state index < -0.39 is 23.5 Å². The molecule has 1 aliphatic heterocycles. The van der Waals surface area contributed by atoms with Crippen LogP contribution in [0.25, 0.3) is 5.70 Å². The van der Waals surface area contributed by atoms with Crippen molar-refractivity contribution in [1.82, 2.24) is 5.32 Å².